The number of hydrogen-bond acceptors (Lipinski definition) is 5. The monoisotopic (exact) mass is 337 g/mol. The largest absolute Gasteiger partial charge is 0.446 e. The van der Waals surface area contributed by atoms with Gasteiger partial charge in [0.1, 0.15) is 11.7 Å². The van der Waals surface area contributed by atoms with Gasteiger partial charge in [-0.25, -0.2) is 0 Å². The number of ketones is 1. The number of benzene rings is 1. The van der Waals surface area contributed by atoms with E-state index in [0.29, 0.717) is 24.2 Å². The smallest absolute Gasteiger partial charge is 0.205 e. The SMILES string of the molecule is CN(C)c1ccc(C2C3=C(CC(C)(C)CC3=O)OC(=N)C2C#N)cc1. The summed E-state index contributed by atoms with van der Waals surface area (Å²) in [5.74, 6) is -0.663. The van der Waals surface area contributed by atoms with Crippen molar-refractivity contribution in [1.82, 2.24) is 0 Å². The van der Waals surface area contributed by atoms with Gasteiger partial charge in [0, 0.05) is 44.1 Å². The zero-order chi connectivity index (χ0) is 18.4. The van der Waals surface area contributed by atoms with Crippen LogP contribution in [0.15, 0.2) is 35.6 Å². The van der Waals surface area contributed by atoms with E-state index < -0.39 is 11.8 Å². The summed E-state index contributed by atoms with van der Waals surface area (Å²) in [5.41, 5.74) is 2.32. The average Bonchev–Trinajstić information content (AvgIpc) is 2.52. The van der Waals surface area contributed by atoms with Crippen LogP contribution in [0.1, 0.15) is 38.2 Å². The van der Waals surface area contributed by atoms with Gasteiger partial charge in [0.25, 0.3) is 0 Å². The van der Waals surface area contributed by atoms with Gasteiger partial charge in [0.2, 0.25) is 5.90 Å². The number of nitrogens with one attached hydrogen (secondary N) is 1. The number of allylic oxidation sites excluding steroid dienone is 2. The molecule has 3 rings (SSSR count). The molecule has 5 nitrogen and oxygen atoms in total. The third-order valence-electron chi connectivity index (χ3n) is 4.95. The maximum atomic E-state index is 12.8. The highest BCUT2D eigenvalue weighted by Gasteiger charge is 2.46. The van der Waals surface area contributed by atoms with Crippen LogP contribution in [0.2, 0.25) is 0 Å². The van der Waals surface area contributed by atoms with Crippen LogP contribution in [-0.2, 0) is 9.53 Å². The lowest BCUT2D eigenvalue weighted by Crippen LogP contribution is -2.38. The van der Waals surface area contributed by atoms with E-state index >= 15 is 0 Å². The van der Waals surface area contributed by atoms with Crippen LogP contribution in [-0.4, -0.2) is 25.8 Å². The Morgan fingerprint density at radius 2 is 1.88 bits per heavy atom. The summed E-state index contributed by atoms with van der Waals surface area (Å²) in [7, 11) is 3.93. The molecule has 0 amide bonds. The van der Waals surface area contributed by atoms with Crippen molar-refractivity contribution in [3.05, 3.63) is 41.2 Å². The summed E-state index contributed by atoms with van der Waals surface area (Å²) >= 11 is 0. The number of rotatable bonds is 2. The van der Waals surface area contributed by atoms with E-state index in [1.54, 1.807) is 0 Å². The molecule has 0 saturated carbocycles. The van der Waals surface area contributed by atoms with Gasteiger partial charge in [-0.05, 0) is 23.1 Å². The Balaban J connectivity index is 2.11. The van der Waals surface area contributed by atoms with Crippen molar-refractivity contribution in [2.45, 2.75) is 32.6 Å². The zero-order valence-electron chi connectivity index (χ0n) is 15.1. The second-order valence-corrected chi connectivity index (χ2v) is 7.81. The van der Waals surface area contributed by atoms with Gasteiger partial charge in [0.15, 0.2) is 5.78 Å². The molecule has 0 fully saturated rings. The van der Waals surface area contributed by atoms with Crippen molar-refractivity contribution in [2.24, 2.45) is 11.3 Å². The minimum atomic E-state index is -0.769. The highest BCUT2D eigenvalue weighted by Crippen LogP contribution is 2.47. The molecule has 1 aliphatic carbocycles. The molecule has 2 aliphatic rings. The topological polar surface area (TPSA) is 77.2 Å². The number of hydrogen-bond donors (Lipinski definition) is 1. The Morgan fingerprint density at radius 1 is 1.24 bits per heavy atom. The number of Topliss-reactive ketones (excluding diaryl/α,β-unsaturated/α-hetero) is 1. The minimum absolute atomic E-state index is 0.0284. The lowest BCUT2D eigenvalue weighted by molar-refractivity contribution is -0.119. The van der Waals surface area contributed by atoms with Crippen molar-refractivity contribution < 1.29 is 9.53 Å². The molecule has 0 saturated heterocycles. The standard InChI is InChI=1S/C20H23N3O2/c1-20(2)9-15(24)18-16(10-20)25-19(22)14(11-21)17(18)12-5-7-13(8-6-12)23(3)4/h5-8,14,17,22H,9-10H2,1-4H3. The Labute approximate surface area is 148 Å². The number of anilines is 1. The molecule has 1 aromatic carbocycles. The molecule has 2 atom stereocenters. The van der Waals surface area contributed by atoms with Crippen LogP contribution in [0, 0.1) is 28.1 Å². The number of carbonyl (C=O) groups excluding carboxylic acids is 1. The molecule has 1 aliphatic heterocycles. The number of nitrogens with zero attached hydrogens (tertiary/aromatic N) is 2. The van der Waals surface area contributed by atoms with Gasteiger partial charge in [-0.15, -0.1) is 0 Å². The van der Waals surface area contributed by atoms with Crippen LogP contribution in [0.25, 0.3) is 0 Å². The molecule has 0 spiro atoms. The third-order valence-corrected chi connectivity index (χ3v) is 4.95. The summed E-state index contributed by atoms with van der Waals surface area (Å²) in [6.07, 6.45) is 1.05. The third kappa shape index (κ3) is 3.05. The molecule has 2 unspecified atom stereocenters. The summed E-state index contributed by atoms with van der Waals surface area (Å²) in [4.78, 5) is 14.8. The Bertz CT molecular complexity index is 797. The fourth-order valence-electron chi connectivity index (χ4n) is 3.70. The van der Waals surface area contributed by atoms with E-state index in [1.807, 2.05) is 57.1 Å². The second-order valence-electron chi connectivity index (χ2n) is 7.81. The molecule has 5 heteroatoms. The normalized spacial score (nSPS) is 25.1. The fourth-order valence-corrected chi connectivity index (χ4v) is 3.70. The van der Waals surface area contributed by atoms with Crippen molar-refractivity contribution in [3.63, 3.8) is 0 Å². The van der Waals surface area contributed by atoms with E-state index in [4.69, 9.17) is 10.1 Å². The molecule has 130 valence electrons. The maximum Gasteiger partial charge on any atom is 0.205 e. The highest BCUT2D eigenvalue weighted by atomic mass is 16.5. The lowest BCUT2D eigenvalue weighted by atomic mass is 9.68. The molecule has 0 bridgehead atoms. The summed E-state index contributed by atoms with van der Waals surface area (Å²) in [6.45, 7) is 4.05. The highest BCUT2D eigenvalue weighted by molar-refractivity contribution is 6.01. The van der Waals surface area contributed by atoms with Gasteiger partial charge in [0.05, 0.1) is 6.07 Å². The summed E-state index contributed by atoms with van der Waals surface area (Å²) < 4.78 is 5.62. The molecule has 0 aromatic heterocycles. The lowest BCUT2D eigenvalue weighted by Gasteiger charge is -2.39. The van der Waals surface area contributed by atoms with Crippen LogP contribution >= 0.6 is 0 Å². The van der Waals surface area contributed by atoms with E-state index in [2.05, 4.69) is 6.07 Å². The molecule has 1 aromatic rings. The summed E-state index contributed by atoms with van der Waals surface area (Å²) in [5, 5.41) is 17.8. The van der Waals surface area contributed by atoms with Crippen LogP contribution in [0.5, 0.6) is 0 Å². The van der Waals surface area contributed by atoms with Crippen LogP contribution in [0.3, 0.4) is 0 Å². The van der Waals surface area contributed by atoms with Gasteiger partial charge in [-0.2, -0.15) is 5.26 Å². The first-order valence-corrected chi connectivity index (χ1v) is 8.43. The van der Waals surface area contributed by atoms with Gasteiger partial charge in [-0.1, -0.05) is 26.0 Å². The van der Waals surface area contributed by atoms with Gasteiger partial charge < -0.3 is 9.64 Å². The quantitative estimate of drug-likeness (QED) is 0.894. The van der Waals surface area contributed by atoms with E-state index in [9.17, 15) is 10.1 Å². The van der Waals surface area contributed by atoms with Crippen molar-refractivity contribution in [3.8, 4) is 6.07 Å². The Morgan fingerprint density at radius 3 is 2.44 bits per heavy atom. The first-order chi connectivity index (χ1) is 11.7. The molecule has 1 heterocycles. The average molecular weight is 337 g/mol. The zero-order valence-corrected chi connectivity index (χ0v) is 15.1. The molecular formula is C20H23N3O2. The molecule has 1 N–H and O–H groups in total. The van der Waals surface area contributed by atoms with E-state index in [0.717, 1.165) is 11.3 Å². The van der Waals surface area contributed by atoms with Gasteiger partial charge in [-0.3, -0.25) is 10.2 Å². The predicted octanol–water partition coefficient (Wildman–Crippen LogP) is 3.63. The predicted molar refractivity (Wildman–Crippen MR) is 96.5 cm³/mol. The van der Waals surface area contributed by atoms with E-state index in [-0.39, 0.29) is 17.1 Å². The van der Waals surface area contributed by atoms with Crippen LogP contribution < -0.4 is 4.90 Å². The van der Waals surface area contributed by atoms with Crippen LogP contribution in [0.4, 0.5) is 5.69 Å². The molecule has 0 radical (unpaired) electrons. The molecular weight excluding hydrogens is 314 g/mol. The number of nitriles is 1. The Hall–Kier alpha value is -2.61. The van der Waals surface area contributed by atoms with Crippen molar-refractivity contribution in [2.75, 3.05) is 19.0 Å². The van der Waals surface area contributed by atoms with Gasteiger partial charge >= 0.3 is 0 Å². The number of ether oxygens (including phenoxy) is 1. The first kappa shape index (κ1) is 17.2. The molecule has 25 heavy (non-hydrogen) atoms. The second kappa shape index (κ2) is 6.03. The maximum absolute atomic E-state index is 12.8. The number of carbonyl (C=O) groups is 1. The van der Waals surface area contributed by atoms with Crippen molar-refractivity contribution >= 4 is 17.4 Å². The Kier molecular flexibility index (Phi) is 4.16. The van der Waals surface area contributed by atoms with Crippen molar-refractivity contribution in [1.29, 1.82) is 10.7 Å². The first-order valence-electron chi connectivity index (χ1n) is 8.43. The minimum Gasteiger partial charge on any atom is -0.446 e. The summed E-state index contributed by atoms with van der Waals surface area (Å²) in [6, 6.07) is 10.0. The fraction of sp³-hybridized carbons (Fsp3) is 0.450. The van der Waals surface area contributed by atoms with E-state index in [1.165, 1.54) is 0 Å².